The molecule has 0 saturated carbocycles. The van der Waals surface area contributed by atoms with Gasteiger partial charge in [0.05, 0.1) is 11.4 Å². The van der Waals surface area contributed by atoms with Crippen molar-refractivity contribution in [2.24, 2.45) is 5.92 Å². The van der Waals surface area contributed by atoms with Gasteiger partial charge in [0.2, 0.25) is 0 Å². The zero-order valence-electron chi connectivity index (χ0n) is 19.2. The second-order valence-electron chi connectivity index (χ2n) is 9.42. The van der Waals surface area contributed by atoms with Crippen LogP contribution in [0, 0.1) is 12.8 Å². The number of benzene rings is 1. The average molecular weight is 434 g/mol. The summed E-state index contributed by atoms with van der Waals surface area (Å²) in [5.41, 5.74) is 6.02. The molecule has 0 radical (unpaired) electrons. The van der Waals surface area contributed by atoms with E-state index in [1.807, 2.05) is 6.20 Å². The summed E-state index contributed by atoms with van der Waals surface area (Å²) < 4.78 is 7.61. The van der Waals surface area contributed by atoms with E-state index in [-0.39, 0.29) is 0 Å². The Labute approximate surface area is 191 Å². The van der Waals surface area contributed by atoms with Crippen molar-refractivity contribution in [3.8, 4) is 0 Å². The number of aromatic nitrogens is 3. The van der Waals surface area contributed by atoms with Gasteiger partial charge in [-0.2, -0.15) is 5.10 Å². The van der Waals surface area contributed by atoms with Crippen LogP contribution in [-0.2, 0) is 17.8 Å². The van der Waals surface area contributed by atoms with Crippen LogP contribution in [0.2, 0.25) is 0 Å². The molecule has 170 valence electrons. The van der Waals surface area contributed by atoms with Crippen LogP contribution in [0.3, 0.4) is 0 Å². The van der Waals surface area contributed by atoms with Crippen LogP contribution < -0.4 is 5.32 Å². The highest BCUT2D eigenvalue weighted by atomic mass is 16.5. The van der Waals surface area contributed by atoms with Gasteiger partial charge in [0.15, 0.2) is 5.65 Å². The van der Waals surface area contributed by atoms with E-state index in [9.17, 15) is 0 Å². The molecule has 4 heterocycles. The molecule has 32 heavy (non-hydrogen) atoms. The molecule has 0 aliphatic carbocycles. The number of rotatable bonds is 7. The van der Waals surface area contributed by atoms with Crippen LogP contribution in [0.25, 0.3) is 5.65 Å². The van der Waals surface area contributed by atoms with E-state index in [0.717, 1.165) is 63.6 Å². The molecule has 0 amide bonds. The third kappa shape index (κ3) is 4.87. The highest BCUT2D eigenvalue weighted by Gasteiger charge is 2.25. The second kappa shape index (κ2) is 10.1. The van der Waals surface area contributed by atoms with E-state index in [4.69, 9.17) is 14.8 Å². The lowest BCUT2D eigenvalue weighted by molar-refractivity contribution is 0.0662. The minimum Gasteiger partial charge on any atom is -0.381 e. The molecule has 2 aromatic heterocycles. The first-order valence-corrected chi connectivity index (χ1v) is 12.2. The first kappa shape index (κ1) is 21.6. The predicted molar refractivity (Wildman–Crippen MR) is 127 cm³/mol. The van der Waals surface area contributed by atoms with E-state index in [1.54, 1.807) is 0 Å². The highest BCUT2D eigenvalue weighted by molar-refractivity contribution is 5.50. The molecule has 0 bridgehead atoms. The standard InChI is InChI=1S/C26H35N5O/c1-20-24(17-27-16-21-10-14-32-15-11-21)26-28-12-9-25(31(26)29-20)23-8-5-13-30(19-23)18-22-6-3-2-4-7-22/h2-4,6-7,9,12,21,23,27H,5,8,10-11,13-19H2,1H3/t23-/m0/s1. The van der Waals surface area contributed by atoms with Gasteiger partial charge in [0.1, 0.15) is 0 Å². The Balaban J connectivity index is 1.29. The largest absolute Gasteiger partial charge is 0.381 e. The SMILES string of the molecule is Cc1nn2c([C@H]3CCCN(Cc4ccccc4)C3)ccnc2c1CNCC1CCOCC1. The molecule has 6 heteroatoms. The second-order valence-corrected chi connectivity index (χ2v) is 9.42. The summed E-state index contributed by atoms with van der Waals surface area (Å²) in [4.78, 5) is 7.32. The molecule has 6 nitrogen and oxygen atoms in total. The quantitative estimate of drug-likeness (QED) is 0.612. The van der Waals surface area contributed by atoms with Gasteiger partial charge in [-0.25, -0.2) is 9.50 Å². The summed E-state index contributed by atoms with van der Waals surface area (Å²) >= 11 is 0. The summed E-state index contributed by atoms with van der Waals surface area (Å²) in [6, 6.07) is 13.0. The van der Waals surface area contributed by atoms with Crippen molar-refractivity contribution in [2.45, 2.75) is 51.6 Å². The smallest absolute Gasteiger partial charge is 0.159 e. The Morgan fingerprint density at radius 3 is 2.78 bits per heavy atom. The fourth-order valence-electron chi connectivity index (χ4n) is 5.26. The van der Waals surface area contributed by atoms with Crippen LogP contribution in [0.15, 0.2) is 42.6 Å². The molecule has 0 unspecified atom stereocenters. The lowest BCUT2D eigenvalue weighted by Crippen LogP contribution is -2.34. The minimum atomic E-state index is 0.486. The molecule has 2 aliphatic heterocycles. The summed E-state index contributed by atoms with van der Waals surface area (Å²) in [7, 11) is 0. The average Bonchev–Trinajstić information content (AvgIpc) is 3.16. The van der Waals surface area contributed by atoms with E-state index in [2.05, 4.69) is 58.1 Å². The van der Waals surface area contributed by atoms with Crippen molar-refractivity contribution in [1.82, 2.24) is 24.8 Å². The zero-order valence-corrected chi connectivity index (χ0v) is 19.2. The number of aryl methyl sites for hydroxylation is 1. The van der Waals surface area contributed by atoms with Gasteiger partial charge in [-0.15, -0.1) is 0 Å². The van der Waals surface area contributed by atoms with Crippen LogP contribution in [0.5, 0.6) is 0 Å². The Bertz CT molecular complexity index is 1010. The lowest BCUT2D eigenvalue weighted by atomic mass is 9.94. The zero-order chi connectivity index (χ0) is 21.8. The van der Waals surface area contributed by atoms with E-state index < -0.39 is 0 Å². The molecule has 1 atom stereocenters. The predicted octanol–water partition coefficient (Wildman–Crippen LogP) is 3.93. The topological polar surface area (TPSA) is 54.7 Å². The van der Waals surface area contributed by atoms with Crippen LogP contribution in [0.1, 0.15) is 54.1 Å². The maximum Gasteiger partial charge on any atom is 0.159 e. The van der Waals surface area contributed by atoms with Gasteiger partial charge in [-0.1, -0.05) is 30.3 Å². The van der Waals surface area contributed by atoms with Gasteiger partial charge in [0.25, 0.3) is 0 Å². The van der Waals surface area contributed by atoms with E-state index in [0.29, 0.717) is 11.8 Å². The van der Waals surface area contributed by atoms with Crippen LogP contribution >= 0.6 is 0 Å². The molecule has 2 saturated heterocycles. The summed E-state index contributed by atoms with van der Waals surface area (Å²) in [6.07, 6.45) is 6.72. The fraction of sp³-hybridized carbons (Fsp3) is 0.538. The normalized spacial score (nSPS) is 20.7. The number of fused-ring (bicyclic) bond motifs is 1. The number of nitrogens with zero attached hydrogens (tertiary/aromatic N) is 4. The Kier molecular flexibility index (Phi) is 6.81. The maximum atomic E-state index is 5.49. The van der Waals surface area contributed by atoms with Crippen molar-refractivity contribution < 1.29 is 4.74 Å². The first-order chi connectivity index (χ1) is 15.8. The third-order valence-electron chi connectivity index (χ3n) is 7.09. The monoisotopic (exact) mass is 433 g/mol. The number of ether oxygens (including phenoxy) is 1. The van der Waals surface area contributed by atoms with Crippen LogP contribution in [-0.4, -0.2) is 52.3 Å². The molecule has 2 fully saturated rings. The number of hydrogen-bond donors (Lipinski definition) is 1. The Morgan fingerprint density at radius 2 is 1.94 bits per heavy atom. The van der Waals surface area contributed by atoms with Gasteiger partial charge in [-0.3, -0.25) is 4.90 Å². The summed E-state index contributed by atoms with van der Waals surface area (Å²) in [6.45, 7) is 9.04. The van der Waals surface area contributed by atoms with Crippen LogP contribution in [0.4, 0.5) is 0 Å². The first-order valence-electron chi connectivity index (χ1n) is 12.2. The highest BCUT2D eigenvalue weighted by Crippen LogP contribution is 2.29. The molecule has 2 aliphatic rings. The van der Waals surface area contributed by atoms with Crippen molar-refractivity contribution in [3.05, 3.63) is 65.1 Å². The molecule has 1 N–H and O–H groups in total. The lowest BCUT2D eigenvalue weighted by Gasteiger charge is -2.33. The molecular weight excluding hydrogens is 398 g/mol. The van der Waals surface area contributed by atoms with Crippen molar-refractivity contribution in [2.75, 3.05) is 32.8 Å². The summed E-state index contributed by atoms with van der Waals surface area (Å²) in [5, 5.41) is 8.61. The molecular formula is C26H35N5O. The number of likely N-dealkylation sites (tertiary alicyclic amines) is 1. The number of nitrogens with one attached hydrogen (secondary N) is 1. The van der Waals surface area contributed by atoms with Crippen molar-refractivity contribution in [1.29, 1.82) is 0 Å². The Hall–Kier alpha value is -2.28. The van der Waals surface area contributed by atoms with E-state index >= 15 is 0 Å². The van der Waals surface area contributed by atoms with Gasteiger partial charge in [-0.05, 0) is 63.2 Å². The number of piperidine rings is 1. The maximum absolute atomic E-state index is 5.49. The molecule has 0 spiro atoms. The van der Waals surface area contributed by atoms with Gasteiger partial charge >= 0.3 is 0 Å². The molecule has 1 aromatic carbocycles. The van der Waals surface area contributed by atoms with Gasteiger partial charge in [0, 0.05) is 50.5 Å². The molecule has 3 aromatic rings. The van der Waals surface area contributed by atoms with Crippen molar-refractivity contribution in [3.63, 3.8) is 0 Å². The third-order valence-corrected chi connectivity index (χ3v) is 7.09. The molecule has 5 rings (SSSR count). The fourth-order valence-corrected chi connectivity index (χ4v) is 5.26. The number of hydrogen-bond acceptors (Lipinski definition) is 5. The van der Waals surface area contributed by atoms with Crippen molar-refractivity contribution >= 4 is 5.65 Å². The summed E-state index contributed by atoms with van der Waals surface area (Å²) in [5.74, 6) is 1.20. The Morgan fingerprint density at radius 1 is 1.09 bits per heavy atom. The van der Waals surface area contributed by atoms with Gasteiger partial charge < -0.3 is 10.1 Å². The minimum absolute atomic E-state index is 0.486. The van der Waals surface area contributed by atoms with E-state index in [1.165, 1.54) is 36.2 Å².